The summed E-state index contributed by atoms with van der Waals surface area (Å²) in [5, 5.41) is 3.45. The summed E-state index contributed by atoms with van der Waals surface area (Å²) in [6.45, 7) is 7.40. The average molecular weight is 208 g/mol. The van der Waals surface area contributed by atoms with E-state index in [9.17, 15) is 0 Å². The van der Waals surface area contributed by atoms with Gasteiger partial charge in [-0.05, 0) is 12.8 Å². The summed E-state index contributed by atoms with van der Waals surface area (Å²) in [6.07, 6.45) is 5.41. The molecule has 1 fully saturated rings. The lowest BCUT2D eigenvalue weighted by Crippen LogP contribution is -2.19. The third-order valence-corrected chi connectivity index (χ3v) is 2.64. The SMILES string of the molecule is CC(C)(C)c1cnc(CCNC2CC2)o1. The Hall–Kier alpha value is -0.830. The number of hydrogen-bond donors (Lipinski definition) is 1. The summed E-state index contributed by atoms with van der Waals surface area (Å²) < 4.78 is 5.70. The van der Waals surface area contributed by atoms with Crippen LogP contribution in [-0.4, -0.2) is 17.6 Å². The van der Waals surface area contributed by atoms with Crippen molar-refractivity contribution in [3.63, 3.8) is 0 Å². The standard InChI is InChI=1S/C12H20N2O/c1-12(2,3)10-8-14-11(15-10)6-7-13-9-4-5-9/h8-9,13H,4-7H2,1-3H3. The van der Waals surface area contributed by atoms with Gasteiger partial charge in [0.15, 0.2) is 5.89 Å². The van der Waals surface area contributed by atoms with Gasteiger partial charge in [0.2, 0.25) is 0 Å². The molecule has 0 saturated heterocycles. The summed E-state index contributed by atoms with van der Waals surface area (Å²) in [5.74, 6) is 1.83. The molecule has 0 unspecified atom stereocenters. The zero-order chi connectivity index (χ0) is 10.9. The Morgan fingerprint density at radius 2 is 2.20 bits per heavy atom. The van der Waals surface area contributed by atoms with Gasteiger partial charge in [0.05, 0.1) is 6.20 Å². The van der Waals surface area contributed by atoms with E-state index in [1.54, 1.807) is 0 Å². The highest BCUT2D eigenvalue weighted by Crippen LogP contribution is 2.23. The van der Waals surface area contributed by atoms with Gasteiger partial charge in [-0.1, -0.05) is 20.8 Å². The molecule has 0 radical (unpaired) electrons. The lowest BCUT2D eigenvalue weighted by atomic mass is 9.94. The van der Waals surface area contributed by atoms with E-state index >= 15 is 0 Å². The minimum absolute atomic E-state index is 0.0647. The van der Waals surface area contributed by atoms with Gasteiger partial charge in [0, 0.05) is 24.4 Å². The Kier molecular flexibility index (Phi) is 2.83. The van der Waals surface area contributed by atoms with Crippen molar-refractivity contribution in [3.8, 4) is 0 Å². The van der Waals surface area contributed by atoms with Crippen molar-refractivity contribution in [2.45, 2.75) is 51.5 Å². The highest BCUT2D eigenvalue weighted by atomic mass is 16.4. The van der Waals surface area contributed by atoms with E-state index in [0.717, 1.165) is 30.7 Å². The Morgan fingerprint density at radius 3 is 2.73 bits per heavy atom. The van der Waals surface area contributed by atoms with Crippen LogP contribution in [0, 0.1) is 0 Å². The van der Waals surface area contributed by atoms with Gasteiger partial charge in [-0.3, -0.25) is 0 Å². The summed E-state index contributed by atoms with van der Waals surface area (Å²) in [7, 11) is 0. The van der Waals surface area contributed by atoms with Gasteiger partial charge in [-0.2, -0.15) is 0 Å². The molecule has 3 nitrogen and oxygen atoms in total. The number of hydrogen-bond acceptors (Lipinski definition) is 3. The Labute approximate surface area is 91.3 Å². The fraction of sp³-hybridized carbons (Fsp3) is 0.750. The van der Waals surface area contributed by atoms with Gasteiger partial charge in [-0.15, -0.1) is 0 Å². The molecule has 2 rings (SSSR count). The lowest BCUT2D eigenvalue weighted by Gasteiger charge is -2.13. The van der Waals surface area contributed by atoms with Gasteiger partial charge in [-0.25, -0.2) is 4.98 Å². The Bertz CT molecular complexity index is 321. The molecule has 1 heterocycles. The fourth-order valence-corrected chi connectivity index (χ4v) is 1.44. The molecule has 1 saturated carbocycles. The zero-order valence-electron chi connectivity index (χ0n) is 9.84. The molecule has 15 heavy (non-hydrogen) atoms. The van der Waals surface area contributed by atoms with Crippen LogP contribution in [0.1, 0.15) is 45.3 Å². The molecule has 0 atom stereocenters. The Morgan fingerprint density at radius 1 is 1.47 bits per heavy atom. The second-order valence-corrected chi connectivity index (χ2v) is 5.35. The first-order valence-electron chi connectivity index (χ1n) is 5.74. The third-order valence-electron chi connectivity index (χ3n) is 2.64. The fourth-order valence-electron chi connectivity index (χ4n) is 1.44. The minimum atomic E-state index is 0.0647. The quantitative estimate of drug-likeness (QED) is 0.824. The summed E-state index contributed by atoms with van der Waals surface area (Å²) in [6, 6.07) is 0.766. The van der Waals surface area contributed by atoms with Crippen molar-refractivity contribution in [2.24, 2.45) is 0 Å². The summed E-state index contributed by atoms with van der Waals surface area (Å²) >= 11 is 0. The number of oxazole rings is 1. The van der Waals surface area contributed by atoms with Gasteiger partial charge >= 0.3 is 0 Å². The predicted molar refractivity (Wildman–Crippen MR) is 59.9 cm³/mol. The average Bonchev–Trinajstić information content (AvgIpc) is 2.80. The second kappa shape index (κ2) is 3.97. The molecule has 1 aromatic rings. The van der Waals surface area contributed by atoms with Crippen LogP contribution >= 0.6 is 0 Å². The predicted octanol–water partition coefficient (Wildman–Crippen LogP) is 2.27. The molecular weight excluding hydrogens is 188 g/mol. The molecule has 0 spiro atoms. The van der Waals surface area contributed by atoms with E-state index in [1.165, 1.54) is 12.8 Å². The van der Waals surface area contributed by atoms with Gasteiger partial charge in [0.25, 0.3) is 0 Å². The second-order valence-electron chi connectivity index (χ2n) is 5.35. The largest absolute Gasteiger partial charge is 0.445 e. The van der Waals surface area contributed by atoms with Crippen molar-refractivity contribution in [1.29, 1.82) is 0 Å². The van der Waals surface area contributed by atoms with Gasteiger partial charge in [0.1, 0.15) is 5.76 Å². The molecule has 3 heteroatoms. The van der Waals surface area contributed by atoms with Crippen molar-refractivity contribution >= 4 is 0 Å². The molecule has 0 aromatic carbocycles. The normalized spacial score (nSPS) is 17.0. The highest BCUT2D eigenvalue weighted by molar-refractivity contribution is 5.06. The maximum Gasteiger partial charge on any atom is 0.195 e. The van der Waals surface area contributed by atoms with Crippen LogP contribution in [-0.2, 0) is 11.8 Å². The van der Waals surface area contributed by atoms with Crippen molar-refractivity contribution < 1.29 is 4.42 Å². The van der Waals surface area contributed by atoms with Crippen molar-refractivity contribution in [3.05, 3.63) is 17.8 Å². The van der Waals surface area contributed by atoms with Crippen LogP contribution in [0.4, 0.5) is 0 Å². The van der Waals surface area contributed by atoms with E-state index in [2.05, 4.69) is 31.1 Å². The summed E-state index contributed by atoms with van der Waals surface area (Å²) in [5.41, 5.74) is 0.0647. The first-order valence-corrected chi connectivity index (χ1v) is 5.74. The van der Waals surface area contributed by atoms with Crippen molar-refractivity contribution in [1.82, 2.24) is 10.3 Å². The molecule has 84 valence electrons. The van der Waals surface area contributed by atoms with Crippen LogP contribution in [0.5, 0.6) is 0 Å². The molecule has 0 amide bonds. The molecular formula is C12H20N2O. The van der Waals surface area contributed by atoms with E-state index in [-0.39, 0.29) is 5.41 Å². The smallest absolute Gasteiger partial charge is 0.195 e. The highest BCUT2D eigenvalue weighted by Gasteiger charge is 2.21. The third kappa shape index (κ3) is 3.06. The van der Waals surface area contributed by atoms with Crippen LogP contribution in [0.3, 0.4) is 0 Å². The van der Waals surface area contributed by atoms with E-state index < -0.39 is 0 Å². The van der Waals surface area contributed by atoms with Crippen LogP contribution in [0.2, 0.25) is 0 Å². The maximum absolute atomic E-state index is 5.70. The molecule has 1 aromatic heterocycles. The number of rotatable bonds is 4. The van der Waals surface area contributed by atoms with E-state index in [0.29, 0.717) is 0 Å². The number of nitrogens with zero attached hydrogens (tertiary/aromatic N) is 1. The van der Waals surface area contributed by atoms with Crippen LogP contribution < -0.4 is 5.32 Å². The van der Waals surface area contributed by atoms with Gasteiger partial charge < -0.3 is 9.73 Å². The number of aromatic nitrogens is 1. The topological polar surface area (TPSA) is 38.1 Å². The zero-order valence-corrected chi connectivity index (χ0v) is 9.84. The first-order chi connectivity index (χ1) is 7.05. The molecule has 1 N–H and O–H groups in total. The Balaban J connectivity index is 1.83. The maximum atomic E-state index is 5.70. The lowest BCUT2D eigenvalue weighted by molar-refractivity contribution is 0.380. The molecule has 1 aliphatic carbocycles. The van der Waals surface area contributed by atoms with Crippen LogP contribution in [0.15, 0.2) is 10.6 Å². The van der Waals surface area contributed by atoms with E-state index in [4.69, 9.17) is 4.42 Å². The molecule has 1 aliphatic rings. The molecule has 0 aliphatic heterocycles. The van der Waals surface area contributed by atoms with E-state index in [1.807, 2.05) is 6.20 Å². The summed E-state index contributed by atoms with van der Waals surface area (Å²) in [4.78, 5) is 4.29. The monoisotopic (exact) mass is 208 g/mol. The molecule has 0 bridgehead atoms. The van der Waals surface area contributed by atoms with Crippen LogP contribution in [0.25, 0.3) is 0 Å². The number of nitrogens with one attached hydrogen (secondary N) is 1. The minimum Gasteiger partial charge on any atom is -0.445 e. The first kappa shape index (κ1) is 10.7. The van der Waals surface area contributed by atoms with Crippen molar-refractivity contribution in [2.75, 3.05) is 6.54 Å².